The normalized spacial score (nSPS) is 10.6. The van der Waals surface area contributed by atoms with Crippen LogP contribution in [0.5, 0.6) is 0 Å². The van der Waals surface area contributed by atoms with Crippen molar-refractivity contribution in [2.24, 2.45) is 7.05 Å². The summed E-state index contributed by atoms with van der Waals surface area (Å²) in [6, 6.07) is 7.23. The zero-order valence-electron chi connectivity index (χ0n) is 6.06. The average molecular weight is 149 g/mol. The van der Waals surface area contributed by atoms with E-state index in [2.05, 4.69) is 5.10 Å². The van der Waals surface area contributed by atoms with Gasteiger partial charge in [-0.05, 0) is 16.9 Å². The Hall–Kier alpha value is -1.58. The van der Waals surface area contributed by atoms with Gasteiger partial charge in [0.25, 0.3) is 0 Å². The Morgan fingerprint density at radius 3 is 2.91 bits per heavy atom. The Morgan fingerprint density at radius 1 is 1.45 bits per heavy atom. The van der Waals surface area contributed by atoms with Crippen molar-refractivity contribution < 1.29 is 4.85 Å². The van der Waals surface area contributed by atoms with E-state index in [4.69, 9.17) is 0 Å². The third-order valence-electron chi connectivity index (χ3n) is 1.60. The highest BCUT2D eigenvalue weighted by molar-refractivity contribution is 5.69. The first-order valence-electron chi connectivity index (χ1n) is 3.30. The summed E-state index contributed by atoms with van der Waals surface area (Å²) < 4.78 is 0. The number of aromatic nitrogens is 3. The molecule has 56 valence electrons. The third-order valence-corrected chi connectivity index (χ3v) is 1.60. The van der Waals surface area contributed by atoms with E-state index in [1.54, 1.807) is 13.1 Å². The second kappa shape index (κ2) is 1.95. The molecule has 0 amide bonds. The predicted molar refractivity (Wildman–Crippen MR) is 39.7 cm³/mol. The van der Waals surface area contributed by atoms with Crippen LogP contribution < -0.4 is 4.85 Å². The Labute approximate surface area is 63.2 Å². The molecule has 0 bridgehead atoms. The first-order chi connectivity index (χ1) is 5.29. The van der Waals surface area contributed by atoms with Crippen molar-refractivity contribution in [3.63, 3.8) is 0 Å². The zero-order valence-corrected chi connectivity index (χ0v) is 6.06. The minimum Gasteiger partial charge on any atom is -0.692 e. The summed E-state index contributed by atoms with van der Waals surface area (Å²) in [5.41, 5.74) is 1.33. The van der Waals surface area contributed by atoms with Gasteiger partial charge in [0.1, 0.15) is 0 Å². The smallest absolute Gasteiger partial charge is 0.249 e. The van der Waals surface area contributed by atoms with E-state index in [-0.39, 0.29) is 0 Å². The summed E-state index contributed by atoms with van der Waals surface area (Å²) in [6.07, 6.45) is 0. The lowest BCUT2D eigenvalue weighted by Crippen LogP contribution is -2.36. The minimum absolute atomic E-state index is 0.606. The van der Waals surface area contributed by atoms with Crippen molar-refractivity contribution in [3.05, 3.63) is 29.5 Å². The third kappa shape index (κ3) is 0.756. The molecule has 0 saturated heterocycles. The molecule has 1 aromatic heterocycles. The molecule has 0 aliphatic heterocycles. The highest BCUT2D eigenvalue weighted by Crippen LogP contribution is 2.03. The number of benzene rings is 1. The van der Waals surface area contributed by atoms with Gasteiger partial charge >= 0.3 is 0 Å². The van der Waals surface area contributed by atoms with Crippen LogP contribution in [0.4, 0.5) is 0 Å². The molecule has 4 nitrogen and oxygen atoms in total. The van der Waals surface area contributed by atoms with Gasteiger partial charge < -0.3 is 5.21 Å². The van der Waals surface area contributed by atoms with E-state index < -0.39 is 0 Å². The summed E-state index contributed by atoms with van der Waals surface area (Å²) in [6.45, 7) is 0. The van der Waals surface area contributed by atoms with Crippen LogP contribution in [0.2, 0.25) is 0 Å². The molecular formula is C7H7N3O. The standard InChI is InChI=1S/C7H7N3O/c1-9-8-6-4-2-3-5-7(6)10(9)11/h2-5H,1H3. The number of hydrogen-bond donors (Lipinski definition) is 0. The average Bonchev–Trinajstić information content (AvgIpc) is 2.30. The highest BCUT2D eigenvalue weighted by Gasteiger charge is 2.08. The molecule has 0 N–H and O–H groups in total. The van der Waals surface area contributed by atoms with Crippen LogP contribution in [-0.2, 0) is 7.05 Å². The van der Waals surface area contributed by atoms with Gasteiger partial charge in [-0.1, -0.05) is 12.1 Å². The molecule has 0 aliphatic carbocycles. The van der Waals surface area contributed by atoms with E-state index >= 15 is 0 Å². The van der Waals surface area contributed by atoms with Crippen LogP contribution in [0.25, 0.3) is 11.0 Å². The number of nitrogens with zero attached hydrogens (tertiary/aromatic N) is 3. The maximum Gasteiger partial charge on any atom is 0.249 e. The van der Waals surface area contributed by atoms with Crippen LogP contribution >= 0.6 is 0 Å². The van der Waals surface area contributed by atoms with Gasteiger partial charge in [0, 0.05) is 5.10 Å². The zero-order chi connectivity index (χ0) is 7.84. The topological polar surface area (TPSA) is 44.8 Å². The molecule has 0 aliphatic rings. The van der Waals surface area contributed by atoms with E-state index in [0.717, 1.165) is 10.4 Å². The molecule has 1 aromatic carbocycles. The molecule has 0 saturated carbocycles. The van der Waals surface area contributed by atoms with Crippen LogP contribution in [-0.4, -0.2) is 9.90 Å². The Balaban J connectivity index is 2.92. The summed E-state index contributed by atoms with van der Waals surface area (Å²) in [5.74, 6) is 0. The van der Waals surface area contributed by atoms with Crippen LogP contribution in [0.15, 0.2) is 24.3 Å². The van der Waals surface area contributed by atoms with Gasteiger partial charge in [0.05, 0.1) is 7.05 Å². The lowest BCUT2D eigenvalue weighted by atomic mass is 10.3. The van der Waals surface area contributed by atoms with E-state index in [1.807, 2.05) is 18.2 Å². The number of hydrogen-bond acceptors (Lipinski definition) is 2. The molecule has 11 heavy (non-hydrogen) atoms. The van der Waals surface area contributed by atoms with Crippen LogP contribution in [0.1, 0.15) is 0 Å². The molecule has 0 unspecified atom stereocenters. The molecule has 2 rings (SSSR count). The number of para-hydroxylation sites is 1. The second-order valence-electron chi connectivity index (χ2n) is 2.35. The van der Waals surface area contributed by atoms with Crippen molar-refractivity contribution in [2.75, 3.05) is 0 Å². The van der Waals surface area contributed by atoms with Gasteiger partial charge in [0.15, 0.2) is 0 Å². The van der Waals surface area contributed by atoms with Crippen LogP contribution in [0, 0.1) is 5.21 Å². The molecule has 1 heterocycles. The van der Waals surface area contributed by atoms with Crippen molar-refractivity contribution in [1.29, 1.82) is 0 Å². The van der Waals surface area contributed by atoms with Gasteiger partial charge in [0.2, 0.25) is 11.0 Å². The fraction of sp³-hybridized carbons (Fsp3) is 0.143. The van der Waals surface area contributed by atoms with Crippen molar-refractivity contribution in [1.82, 2.24) is 9.90 Å². The Kier molecular flexibility index (Phi) is 1.09. The molecule has 0 atom stereocenters. The van der Waals surface area contributed by atoms with Gasteiger partial charge in [-0.3, -0.25) is 0 Å². The van der Waals surface area contributed by atoms with Crippen molar-refractivity contribution in [2.45, 2.75) is 0 Å². The minimum atomic E-state index is 0.606. The van der Waals surface area contributed by atoms with Gasteiger partial charge in [-0.25, -0.2) is 0 Å². The van der Waals surface area contributed by atoms with Crippen molar-refractivity contribution >= 4 is 11.0 Å². The lowest BCUT2D eigenvalue weighted by molar-refractivity contribution is -0.673. The van der Waals surface area contributed by atoms with Crippen LogP contribution in [0.3, 0.4) is 0 Å². The maximum atomic E-state index is 11.1. The summed E-state index contributed by atoms with van der Waals surface area (Å²) >= 11 is 0. The first kappa shape index (κ1) is 6.15. The monoisotopic (exact) mass is 149 g/mol. The fourth-order valence-corrected chi connectivity index (χ4v) is 1.06. The van der Waals surface area contributed by atoms with Crippen molar-refractivity contribution in [3.8, 4) is 0 Å². The quantitative estimate of drug-likeness (QED) is 0.397. The summed E-state index contributed by atoms with van der Waals surface area (Å²) in [7, 11) is 1.62. The molecule has 0 spiro atoms. The molecule has 0 radical (unpaired) electrons. The lowest BCUT2D eigenvalue weighted by Gasteiger charge is -1.96. The fourth-order valence-electron chi connectivity index (χ4n) is 1.06. The van der Waals surface area contributed by atoms with E-state index in [0.29, 0.717) is 5.52 Å². The number of aryl methyl sites for hydroxylation is 1. The highest BCUT2D eigenvalue weighted by atomic mass is 16.5. The number of fused-ring (bicyclic) bond motifs is 1. The largest absolute Gasteiger partial charge is 0.692 e. The second-order valence-corrected chi connectivity index (χ2v) is 2.35. The number of rotatable bonds is 0. The first-order valence-corrected chi connectivity index (χ1v) is 3.30. The summed E-state index contributed by atoms with van der Waals surface area (Å²) in [4.78, 5) is 2.03. The Morgan fingerprint density at radius 2 is 2.18 bits per heavy atom. The molecule has 4 heteroatoms. The van der Waals surface area contributed by atoms with Gasteiger partial charge in [-0.15, -0.1) is 0 Å². The Bertz CT molecular complexity index is 393. The predicted octanol–water partition coefficient (Wildman–Crippen LogP) is 0.207. The van der Waals surface area contributed by atoms with Gasteiger partial charge in [-0.2, -0.15) is 4.85 Å². The SMILES string of the molecule is Cn1nc2ccccc2[n+]1[O-]. The summed E-state index contributed by atoms with van der Waals surface area (Å²) in [5, 5.41) is 15.1. The molecule has 2 aromatic rings. The van der Waals surface area contributed by atoms with E-state index in [9.17, 15) is 5.21 Å². The maximum absolute atomic E-state index is 11.1. The molecular weight excluding hydrogens is 142 g/mol. The molecule has 0 fully saturated rings. The van der Waals surface area contributed by atoms with E-state index in [1.165, 1.54) is 4.80 Å².